The molecule has 2 rings (SSSR count). The van der Waals surface area contributed by atoms with E-state index in [1.54, 1.807) is 15.9 Å². The van der Waals surface area contributed by atoms with Gasteiger partial charge < -0.3 is 4.90 Å². The number of rotatable bonds is 3. The largest absolute Gasteiger partial charge is 0.317 e. The van der Waals surface area contributed by atoms with Crippen molar-refractivity contribution in [2.45, 2.75) is 6.92 Å². The third kappa shape index (κ3) is 2.74. The number of carbonyl (C=O) groups is 1. The van der Waals surface area contributed by atoms with Crippen molar-refractivity contribution < 1.29 is 4.79 Å². The molecule has 0 atom stereocenters. The number of likely N-dealkylation sites (N-methyl/N-ethyl adjacent to an activating group) is 2. The fourth-order valence-electron chi connectivity index (χ4n) is 1.93. The number of hydrogen-bond donors (Lipinski definition) is 0. The summed E-state index contributed by atoms with van der Waals surface area (Å²) in [7, 11) is 1.82. The van der Waals surface area contributed by atoms with E-state index in [2.05, 4.69) is 0 Å². The lowest BCUT2D eigenvalue weighted by Gasteiger charge is -2.13. The molecule has 1 saturated heterocycles. The molecule has 1 fully saturated rings. The number of carbonyl (C=O) groups excluding carboxylic acids is 1. The van der Waals surface area contributed by atoms with Crippen LogP contribution in [0.2, 0.25) is 0 Å². The summed E-state index contributed by atoms with van der Waals surface area (Å²) in [6.07, 6.45) is 5.64. The third-order valence-electron chi connectivity index (χ3n) is 3.00. The Balaban J connectivity index is 2.18. The number of nitrogens with zero attached hydrogens (tertiary/aromatic N) is 2. The van der Waals surface area contributed by atoms with E-state index in [4.69, 9.17) is 12.2 Å². The fraction of sp³-hybridized carbons (Fsp3) is 0.200. The summed E-state index contributed by atoms with van der Waals surface area (Å²) in [5, 5.41) is 0.562. The van der Waals surface area contributed by atoms with Crippen LogP contribution in [0.25, 0.3) is 6.08 Å². The highest BCUT2D eigenvalue weighted by atomic mass is 32.1. The predicted octanol–water partition coefficient (Wildman–Crippen LogP) is 2.66. The van der Waals surface area contributed by atoms with E-state index in [1.807, 2.05) is 56.5 Å². The minimum Gasteiger partial charge on any atom is -0.317 e. The van der Waals surface area contributed by atoms with Gasteiger partial charge >= 0.3 is 0 Å². The van der Waals surface area contributed by atoms with Crippen molar-refractivity contribution in [3.8, 4) is 0 Å². The zero-order chi connectivity index (χ0) is 13.8. The molecule has 1 aliphatic heterocycles. The minimum absolute atomic E-state index is 0.0345. The summed E-state index contributed by atoms with van der Waals surface area (Å²) >= 11 is 5.23. The first-order valence-corrected chi connectivity index (χ1v) is 6.59. The molecule has 0 spiro atoms. The van der Waals surface area contributed by atoms with E-state index < -0.39 is 0 Å². The van der Waals surface area contributed by atoms with Gasteiger partial charge in [0, 0.05) is 13.6 Å². The van der Waals surface area contributed by atoms with Crippen LogP contribution in [0.4, 0.5) is 0 Å². The average Bonchev–Trinajstić information content (AvgIpc) is 2.63. The lowest BCUT2D eigenvalue weighted by molar-refractivity contribution is -0.122. The number of benzene rings is 1. The van der Waals surface area contributed by atoms with Gasteiger partial charge in [-0.15, -0.1) is 0 Å². The van der Waals surface area contributed by atoms with Crippen LogP contribution in [0.15, 0.2) is 48.2 Å². The van der Waals surface area contributed by atoms with E-state index in [9.17, 15) is 4.79 Å². The monoisotopic (exact) mass is 272 g/mol. The van der Waals surface area contributed by atoms with Gasteiger partial charge in [-0.1, -0.05) is 42.5 Å². The summed E-state index contributed by atoms with van der Waals surface area (Å²) in [5.74, 6) is -0.0345. The molecule has 19 heavy (non-hydrogen) atoms. The Bertz CT molecular complexity index is 549. The van der Waals surface area contributed by atoms with Crippen LogP contribution in [0.3, 0.4) is 0 Å². The lowest BCUT2D eigenvalue weighted by Crippen LogP contribution is -2.30. The first-order valence-electron chi connectivity index (χ1n) is 6.18. The number of amides is 1. The lowest BCUT2D eigenvalue weighted by atomic mass is 10.2. The maximum absolute atomic E-state index is 12.1. The van der Waals surface area contributed by atoms with E-state index in [-0.39, 0.29) is 5.91 Å². The SMILES string of the molecule is CCN1C(=O)/C(=C/C=C/c2ccccc2)N(C)C1=S. The van der Waals surface area contributed by atoms with Gasteiger partial charge in [-0.25, -0.2) is 0 Å². The van der Waals surface area contributed by atoms with Gasteiger partial charge in [0.15, 0.2) is 5.11 Å². The Kier molecular flexibility index (Phi) is 4.12. The second kappa shape index (κ2) is 5.80. The van der Waals surface area contributed by atoms with Crippen LogP contribution in [0.5, 0.6) is 0 Å². The number of allylic oxidation sites excluding steroid dienone is 2. The predicted molar refractivity (Wildman–Crippen MR) is 81.3 cm³/mol. The van der Waals surface area contributed by atoms with E-state index >= 15 is 0 Å². The molecule has 0 aliphatic carbocycles. The standard InChI is InChI=1S/C15H16N2OS/c1-3-17-14(18)13(16(2)15(17)19)11-7-10-12-8-5-4-6-9-12/h4-11H,3H2,1-2H3/b10-7+,13-11-. The maximum Gasteiger partial charge on any atom is 0.276 e. The normalized spacial score (nSPS) is 18.1. The van der Waals surface area contributed by atoms with E-state index in [1.165, 1.54) is 0 Å². The molecule has 1 aliphatic rings. The highest BCUT2D eigenvalue weighted by Gasteiger charge is 2.33. The van der Waals surface area contributed by atoms with Crippen LogP contribution in [0.1, 0.15) is 12.5 Å². The molecule has 1 aromatic rings. The Morgan fingerprint density at radius 1 is 1.26 bits per heavy atom. The van der Waals surface area contributed by atoms with Crippen LogP contribution < -0.4 is 0 Å². The van der Waals surface area contributed by atoms with Crippen molar-refractivity contribution in [1.29, 1.82) is 0 Å². The summed E-state index contributed by atoms with van der Waals surface area (Å²) < 4.78 is 0. The van der Waals surface area contributed by atoms with E-state index in [0.29, 0.717) is 17.4 Å². The van der Waals surface area contributed by atoms with Crippen molar-refractivity contribution in [3.05, 3.63) is 53.7 Å². The Labute approximate surface area is 118 Å². The van der Waals surface area contributed by atoms with Crippen molar-refractivity contribution in [2.75, 3.05) is 13.6 Å². The molecule has 0 unspecified atom stereocenters. The van der Waals surface area contributed by atoms with Crippen LogP contribution in [-0.2, 0) is 4.79 Å². The molecule has 0 saturated carbocycles. The van der Waals surface area contributed by atoms with Crippen LogP contribution >= 0.6 is 12.2 Å². The molecule has 1 heterocycles. The summed E-state index contributed by atoms with van der Waals surface area (Å²) in [6, 6.07) is 9.96. The van der Waals surface area contributed by atoms with Gasteiger partial charge in [-0.3, -0.25) is 9.69 Å². The zero-order valence-corrected chi connectivity index (χ0v) is 11.9. The molecule has 0 N–H and O–H groups in total. The summed E-state index contributed by atoms with van der Waals surface area (Å²) in [6.45, 7) is 2.52. The second-order valence-electron chi connectivity index (χ2n) is 4.21. The Morgan fingerprint density at radius 2 is 1.95 bits per heavy atom. The third-order valence-corrected chi connectivity index (χ3v) is 3.50. The van der Waals surface area contributed by atoms with Gasteiger partial charge in [0.25, 0.3) is 5.91 Å². The van der Waals surface area contributed by atoms with Crippen molar-refractivity contribution >= 4 is 29.3 Å². The maximum atomic E-state index is 12.1. The van der Waals surface area contributed by atoms with Gasteiger partial charge in [0.2, 0.25) is 0 Å². The highest BCUT2D eigenvalue weighted by Crippen LogP contribution is 2.19. The quantitative estimate of drug-likeness (QED) is 0.624. The van der Waals surface area contributed by atoms with Gasteiger partial charge in [-0.05, 0) is 30.8 Å². The number of thiocarbonyl (C=S) groups is 1. The molecule has 0 radical (unpaired) electrons. The smallest absolute Gasteiger partial charge is 0.276 e. The minimum atomic E-state index is -0.0345. The first kappa shape index (κ1) is 13.5. The zero-order valence-electron chi connectivity index (χ0n) is 11.0. The summed E-state index contributed by atoms with van der Waals surface area (Å²) in [4.78, 5) is 15.4. The molecule has 4 heteroatoms. The molecule has 98 valence electrons. The molecular formula is C15H16N2OS. The van der Waals surface area contributed by atoms with Crippen molar-refractivity contribution in [3.63, 3.8) is 0 Å². The van der Waals surface area contributed by atoms with Crippen LogP contribution in [0, 0.1) is 0 Å². The Hall–Kier alpha value is -1.94. The average molecular weight is 272 g/mol. The molecule has 1 aromatic carbocycles. The van der Waals surface area contributed by atoms with Crippen molar-refractivity contribution in [2.24, 2.45) is 0 Å². The molecule has 3 nitrogen and oxygen atoms in total. The van der Waals surface area contributed by atoms with Gasteiger partial charge in [0.1, 0.15) is 5.70 Å². The van der Waals surface area contributed by atoms with Gasteiger partial charge in [0.05, 0.1) is 0 Å². The fourth-order valence-corrected chi connectivity index (χ4v) is 2.24. The topological polar surface area (TPSA) is 23.6 Å². The van der Waals surface area contributed by atoms with Crippen molar-refractivity contribution in [1.82, 2.24) is 9.80 Å². The van der Waals surface area contributed by atoms with Gasteiger partial charge in [-0.2, -0.15) is 0 Å². The molecule has 0 bridgehead atoms. The molecule has 0 aromatic heterocycles. The Morgan fingerprint density at radius 3 is 2.53 bits per heavy atom. The highest BCUT2D eigenvalue weighted by molar-refractivity contribution is 7.80. The molecule has 1 amide bonds. The second-order valence-corrected chi connectivity index (χ2v) is 4.58. The first-order chi connectivity index (χ1) is 9.15. The molecular weight excluding hydrogens is 256 g/mol. The van der Waals surface area contributed by atoms with E-state index in [0.717, 1.165) is 5.56 Å². The number of hydrogen-bond acceptors (Lipinski definition) is 2. The summed E-state index contributed by atoms with van der Waals surface area (Å²) in [5.41, 5.74) is 1.71. The van der Waals surface area contributed by atoms with Crippen LogP contribution in [-0.4, -0.2) is 34.4 Å².